The van der Waals surface area contributed by atoms with Gasteiger partial charge in [-0.2, -0.15) is 0 Å². The minimum absolute atomic E-state index is 0.253. The van der Waals surface area contributed by atoms with E-state index in [0.717, 1.165) is 30.4 Å². The molecule has 2 rings (SSSR count). The molecule has 21 heavy (non-hydrogen) atoms. The predicted octanol–water partition coefficient (Wildman–Crippen LogP) is 2.85. The number of nitrogen functional groups attached to an aromatic ring is 1. The lowest BCUT2D eigenvalue weighted by atomic mass is 10.1. The van der Waals surface area contributed by atoms with E-state index < -0.39 is 0 Å². The maximum Gasteiger partial charge on any atom is 0.135 e. The highest BCUT2D eigenvalue weighted by molar-refractivity contribution is 5.45. The van der Waals surface area contributed by atoms with Crippen LogP contribution >= 0.6 is 0 Å². The van der Waals surface area contributed by atoms with Crippen molar-refractivity contribution in [2.24, 2.45) is 0 Å². The first kappa shape index (κ1) is 15.1. The largest absolute Gasteiger partial charge is 0.496 e. The van der Waals surface area contributed by atoms with E-state index in [2.05, 4.69) is 21.4 Å². The number of nitrogens with one attached hydrogen (secondary N) is 1. The molecule has 0 saturated carbocycles. The van der Waals surface area contributed by atoms with Gasteiger partial charge in [-0.05, 0) is 18.1 Å². The van der Waals surface area contributed by atoms with Gasteiger partial charge in [-0.15, -0.1) is 0 Å². The van der Waals surface area contributed by atoms with Crippen LogP contribution in [0, 0.1) is 0 Å². The SMILES string of the molecule is COc1ccccc1CCNc1cc(N)nc(C(C)C)n1. The third-order valence-corrected chi connectivity index (χ3v) is 3.17. The van der Waals surface area contributed by atoms with Crippen molar-refractivity contribution in [2.45, 2.75) is 26.2 Å². The summed E-state index contributed by atoms with van der Waals surface area (Å²) in [7, 11) is 1.69. The number of nitrogens with zero attached hydrogens (tertiary/aromatic N) is 2. The van der Waals surface area contributed by atoms with Crippen molar-refractivity contribution in [3.63, 3.8) is 0 Å². The summed E-state index contributed by atoms with van der Waals surface area (Å²) in [4.78, 5) is 8.71. The van der Waals surface area contributed by atoms with Crippen LogP contribution in [-0.2, 0) is 6.42 Å². The number of rotatable bonds is 6. The quantitative estimate of drug-likeness (QED) is 0.854. The lowest BCUT2D eigenvalue weighted by Crippen LogP contribution is -2.10. The van der Waals surface area contributed by atoms with E-state index in [1.54, 1.807) is 13.2 Å². The molecule has 0 spiro atoms. The fourth-order valence-electron chi connectivity index (χ4n) is 2.07. The van der Waals surface area contributed by atoms with E-state index in [1.807, 2.05) is 32.0 Å². The van der Waals surface area contributed by atoms with Crippen LogP contribution < -0.4 is 15.8 Å². The first-order valence-corrected chi connectivity index (χ1v) is 7.10. The van der Waals surface area contributed by atoms with E-state index in [4.69, 9.17) is 10.5 Å². The number of para-hydroxylation sites is 1. The highest BCUT2D eigenvalue weighted by Crippen LogP contribution is 2.18. The van der Waals surface area contributed by atoms with Gasteiger partial charge in [0.2, 0.25) is 0 Å². The highest BCUT2D eigenvalue weighted by Gasteiger charge is 2.07. The lowest BCUT2D eigenvalue weighted by Gasteiger charge is -2.11. The van der Waals surface area contributed by atoms with Crippen molar-refractivity contribution in [2.75, 3.05) is 24.7 Å². The fourth-order valence-corrected chi connectivity index (χ4v) is 2.07. The Labute approximate surface area is 125 Å². The normalized spacial score (nSPS) is 10.7. The Morgan fingerprint density at radius 1 is 1.24 bits per heavy atom. The van der Waals surface area contributed by atoms with E-state index in [1.165, 1.54) is 5.56 Å². The zero-order chi connectivity index (χ0) is 15.2. The summed E-state index contributed by atoms with van der Waals surface area (Å²) >= 11 is 0. The van der Waals surface area contributed by atoms with Gasteiger partial charge in [0.25, 0.3) is 0 Å². The van der Waals surface area contributed by atoms with Gasteiger partial charge in [-0.3, -0.25) is 0 Å². The van der Waals surface area contributed by atoms with Crippen LogP contribution in [0.1, 0.15) is 31.2 Å². The van der Waals surface area contributed by atoms with Crippen LogP contribution in [0.15, 0.2) is 30.3 Å². The Bertz CT molecular complexity index is 599. The molecule has 0 bridgehead atoms. The summed E-state index contributed by atoms with van der Waals surface area (Å²) in [6.07, 6.45) is 0.852. The summed E-state index contributed by atoms with van der Waals surface area (Å²) in [5, 5.41) is 3.29. The van der Waals surface area contributed by atoms with Crippen molar-refractivity contribution < 1.29 is 4.74 Å². The second-order valence-corrected chi connectivity index (χ2v) is 5.18. The summed E-state index contributed by atoms with van der Waals surface area (Å²) in [5.41, 5.74) is 6.98. The highest BCUT2D eigenvalue weighted by atomic mass is 16.5. The number of anilines is 2. The Morgan fingerprint density at radius 3 is 2.71 bits per heavy atom. The summed E-state index contributed by atoms with van der Waals surface area (Å²) in [5.74, 6) is 3.18. The molecule has 1 heterocycles. The van der Waals surface area contributed by atoms with E-state index >= 15 is 0 Å². The van der Waals surface area contributed by atoms with Crippen LogP contribution in [-0.4, -0.2) is 23.6 Å². The Morgan fingerprint density at radius 2 is 2.00 bits per heavy atom. The maximum absolute atomic E-state index is 5.81. The average Bonchev–Trinajstić information content (AvgIpc) is 2.47. The summed E-state index contributed by atoms with van der Waals surface area (Å²) in [6, 6.07) is 9.77. The summed E-state index contributed by atoms with van der Waals surface area (Å²) in [6.45, 7) is 4.86. The molecule has 0 aliphatic heterocycles. The molecule has 0 fully saturated rings. The topological polar surface area (TPSA) is 73.1 Å². The van der Waals surface area contributed by atoms with E-state index in [0.29, 0.717) is 5.82 Å². The van der Waals surface area contributed by atoms with E-state index in [-0.39, 0.29) is 5.92 Å². The molecular formula is C16H22N4O. The zero-order valence-electron chi connectivity index (χ0n) is 12.8. The number of hydrogen-bond acceptors (Lipinski definition) is 5. The van der Waals surface area contributed by atoms with Crippen molar-refractivity contribution in [1.82, 2.24) is 9.97 Å². The molecule has 112 valence electrons. The number of hydrogen-bond donors (Lipinski definition) is 2. The average molecular weight is 286 g/mol. The first-order chi connectivity index (χ1) is 10.1. The van der Waals surface area contributed by atoms with Crippen LogP contribution in [0.25, 0.3) is 0 Å². The second kappa shape index (κ2) is 6.92. The van der Waals surface area contributed by atoms with Crippen LogP contribution in [0.5, 0.6) is 5.75 Å². The lowest BCUT2D eigenvalue weighted by molar-refractivity contribution is 0.410. The molecule has 5 nitrogen and oxygen atoms in total. The van der Waals surface area contributed by atoms with Crippen molar-refractivity contribution >= 4 is 11.6 Å². The van der Waals surface area contributed by atoms with Crippen molar-refractivity contribution in [3.05, 3.63) is 41.7 Å². The first-order valence-electron chi connectivity index (χ1n) is 7.10. The maximum atomic E-state index is 5.81. The van der Waals surface area contributed by atoms with E-state index in [9.17, 15) is 0 Å². The van der Waals surface area contributed by atoms with Crippen LogP contribution in [0.3, 0.4) is 0 Å². The molecule has 5 heteroatoms. The zero-order valence-corrected chi connectivity index (χ0v) is 12.8. The molecule has 2 aromatic rings. The number of ether oxygens (including phenoxy) is 1. The second-order valence-electron chi connectivity index (χ2n) is 5.18. The molecule has 1 aromatic carbocycles. The molecule has 0 aliphatic rings. The summed E-state index contributed by atoms with van der Waals surface area (Å²) < 4.78 is 5.34. The fraction of sp³-hybridized carbons (Fsp3) is 0.375. The third-order valence-electron chi connectivity index (χ3n) is 3.17. The Hall–Kier alpha value is -2.30. The molecule has 0 radical (unpaired) electrons. The molecule has 0 amide bonds. The standard InChI is InChI=1S/C16H22N4O/c1-11(2)16-19-14(17)10-15(20-16)18-9-8-12-6-4-5-7-13(12)21-3/h4-7,10-11H,8-9H2,1-3H3,(H3,17,18,19,20). The number of aromatic nitrogens is 2. The number of benzene rings is 1. The molecule has 0 saturated heterocycles. The van der Waals surface area contributed by atoms with Gasteiger partial charge in [-0.25, -0.2) is 9.97 Å². The van der Waals surface area contributed by atoms with Gasteiger partial charge in [-0.1, -0.05) is 32.0 Å². The third kappa shape index (κ3) is 4.08. The Balaban J connectivity index is 2.00. The smallest absolute Gasteiger partial charge is 0.135 e. The molecule has 1 aromatic heterocycles. The van der Waals surface area contributed by atoms with Crippen molar-refractivity contribution in [3.8, 4) is 5.75 Å². The van der Waals surface area contributed by atoms with Crippen LogP contribution in [0.4, 0.5) is 11.6 Å². The van der Waals surface area contributed by atoms with Gasteiger partial charge in [0.1, 0.15) is 23.2 Å². The molecular weight excluding hydrogens is 264 g/mol. The molecule has 0 atom stereocenters. The number of methoxy groups -OCH3 is 1. The van der Waals surface area contributed by atoms with Gasteiger partial charge in [0.15, 0.2) is 0 Å². The molecule has 0 aliphatic carbocycles. The van der Waals surface area contributed by atoms with Gasteiger partial charge < -0.3 is 15.8 Å². The van der Waals surface area contributed by atoms with Crippen LogP contribution in [0.2, 0.25) is 0 Å². The Kier molecular flexibility index (Phi) is 4.98. The van der Waals surface area contributed by atoms with Gasteiger partial charge >= 0.3 is 0 Å². The number of nitrogens with two attached hydrogens (primary N) is 1. The molecule has 0 unspecified atom stereocenters. The predicted molar refractivity (Wildman–Crippen MR) is 85.7 cm³/mol. The molecule has 3 N–H and O–H groups in total. The van der Waals surface area contributed by atoms with Gasteiger partial charge in [0.05, 0.1) is 7.11 Å². The minimum Gasteiger partial charge on any atom is -0.496 e. The minimum atomic E-state index is 0.253. The van der Waals surface area contributed by atoms with Gasteiger partial charge in [0, 0.05) is 18.5 Å². The monoisotopic (exact) mass is 286 g/mol. The van der Waals surface area contributed by atoms with Crippen molar-refractivity contribution in [1.29, 1.82) is 0 Å².